The second-order valence-corrected chi connectivity index (χ2v) is 8.39. The van der Waals surface area contributed by atoms with Crippen molar-refractivity contribution in [1.82, 2.24) is 34.7 Å². The van der Waals surface area contributed by atoms with Gasteiger partial charge in [-0.2, -0.15) is 9.61 Å². The van der Waals surface area contributed by atoms with Crippen LogP contribution >= 0.6 is 0 Å². The fraction of sp³-hybridized carbons (Fsp3) is 0.409. The van der Waals surface area contributed by atoms with E-state index in [1.807, 2.05) is 29.1 Å². The van der Waals surface area contributed by atoms with Crippen LogP contribution in [0.5, 0.6) is 5.75 Å². The van der Waals surface area contributed by atoms with Gasteiger partial charge in [0.25, 0.3) is 0 Å². The van der Waals surface area contributed by atoms with Crippen LogP contribution in [-0.2, 0) is 4.79 Å². The molecule has 4 heterocycles. The Morgan fingerprint density at radius 3 is 2.94 bits per heavy atom. The molecule has 2 aliphatic rings. The third kappa shape index (κ3) is 3.22. The van der Waals surface area contributed by atoms with Crippen LogP contribution in [0.2, 0.25) is 0 Å². The van der Waals surface area contributed by atoms with Gasteiger partial charge in [-0.15, -0.1) is 5.10 Å². The van der Waals surface area contributed by atoms with E-state index in [4.69, 9.17) is 19.8 Å². The highest BCUT2D eigenvalue weighted by atomic mass is 16.5. The number of carbonyl (C=O) groups excluding carboxylic acids is 1. The van der Waals surface area contributed by atoms with Crippen LogP contribution in [-0.4, -0.2) is 55.0 Å². The predicted molar refractivity (Wildman–Crippen MR) is 119 cm³/mol. The lowest BCUT2D eigenvalue weighted by Gasteiger charge is -2.17. The molecule has 1 aliphatic carbocycles. The number of ether oxygens (including phenoxy) is 1. The minimum atomic E-state index is -0.384. The Bertz CT molecular complexity index is 1320. The summed E-state index contributed by atoms with van der Waals surface area (Å²) in [6.45, 7) is 0.698. The smallest absolute Gasteiger partial charge is 0.242 e. The number of methoxy groups -OCH3 is 1. The molecule has 1 amide bonds. The summed E-state index contributed by atoms with van der Waals surface area (Å²) in [4.78, 5) is 22.2. The number of hydrogen-bond donors (Lipinski definition) is 2. The van der Waals surface area contributed by atoms with Gasteiger partial charge in [0.1, 0.15) is 17.3 Å². The second kappa shape index (κ2) is 7.47. The number of benzene rings is 1. The fourth-order valence-electron chi connectivity index (χ4n) is 4.21. The molecule has 10 heteroatoms. The Morgan fingerprint density at radius 1 is 1.19 bits per heavy atom. The first-order valence-corrected chi connectivity index (χ1v) is 11.0. The van der Waals surface area contributed by atoms with E-state index in [0.29, 0.717) is 41.3 Å². The number of para-hydroxylation sites is 1. The van der Waals surface area contributed by atoms with E-state index in [2.05, 4.69) is 15.7 Å². The molecular formula is C22H24N8O2. The molecule has 1 aromatic carbocycles. The predicted octanol–water partition coefficient (Wildman–Crippen LogP) is 2.57. The van der Waals surface area contributed by atoms with E-state index in [0.717, 1.165) is 43.1 Å². The molecule has 2 fully saturated rings. The van der Waals surface area contributed by atoms with Crippen molar-refractivity contribution in [3.63, 3.8) is 0 Å². The third-order valence-corrected chi connectivity index (χ3v) is 6.10. The van der Waals surface area contributed by atoms with Crippen LogP contribution in [0.3, 0.4) is 0 Å². The van der Waals surface area contributed by atoms with Gasteiger partial charge in [-0.3, -0.25) is 9.48 Å². The number of nitrogens with one attached hydrogen (secondary N) is 2. The van der Waals surface area contributed by atoms with E-state index in [1.54, 1.807) is 17.8 Å². The maximum Gasteiger partial charge on any atom is 0.242 e. The van der Waals surface area contributed by atoms with Crippen LogP contribution in [0, 0.1) is 0 Å². The Morgan fingerprint density at radius 2 is 2.09 bits per heavy atom. The van der Waals surface area contributed by atoms with Gasteiger partial charge in [-0.05, 0) is 44.2 Å². The first-order chi connectivity index (χ1) is 15.7. The van der Waals surface area contributed by atoms with Gasteiger partial charge in [0.2, 0.25) is 11.9 Å². The quantitative estimate of drug-likeness (QED) is 0.499. The topological polar surface area (TPSA) is 111 Å². The van der Waals surface area contributed by atoms with E-state index in [1.165, 1.54) is 0 Å². The van der Waals surface area contributed by atoms with Crippen molar-refractivity contribution in [3.05, 3.63) is 30.6 Å². The van der Waals surface area contributed by atoms with Crippen molar-refractivity contribution < 1.29 is 9.53 Å². The SMILES string of the molecule is COc1cccc2c1nc(N[C@@H]1CCCCNC1=O)n1nc(-c3cnn(C4CC4)c3)nc21. The minimum absolute atomic E-state index is 0.0244. The average molecular weight is 432 g/mol. The van der Waals surface area contributed by atoms with Crippen molar-refractivity contribution >= 4 is 28.4 Å². The first-order valence-electron chi connectivity index (χ1n) is 11.0. The maximum absolute atomic E-state index is 12.6. The lowest BCUT2D eigenvalue weighted by Crippen LogP contribution is -2.38. The largest absolute Gasteiger partial charge is 0.494 e. The first kappa shape index (κ1) is 19.0. The van der Waals surface area contributed by atoms with Gasteiger partial charge in [0, 0.05) is 18.1 Å². The van der Waals surface area contributed by atoms with Gasteiger partial charge in [0.05, 0.1) is 24.9 Å². The molecule has 3 aromatic heterocycles. The molecule has 1 atom stereocenters. The molecule has 1 aliphatic heterocycles. The molecular weight excluding hydrogens is 408 g/mol. The number of carbonyl (C=O) groups is 1. The molecule has 6 rings (SSSR count). The Labute approximate surface area is 184 Å². The third-order valence-electron chi connectivity index (χ3n) is 6.10. The average Bonchev–Trinajstić information content (AvgIpc) is 3.42. The van der Waals surface area contributed by atoms with Crippen molar-refractivity contribution in [2.75, 3.05) is 19.0 Å². The molecule has 164 valence electrons. The van der Waals surface area contributed by atoms with Crippen molar-refractivity contribution in [2.45, 2.75) is 44.2 Å². The molecule has 10 nitrogen and oxygen atoms in total. The highest BCUT2D eigenvalue weighted by Gasteiger charge is 2.26. The molecule has 0 unspecified atom stereocenters. The van der Waals surface area contributed by atoms with Gasteiger partial charge in [0.15, 0.2) is 11.5 Å². The van der Waals surface area contributed by atoms with E-state index in [9.17, 15) is 4.79 Å². The summed E-state index contributed by atoms with van der Waals surface area (Å²) in [7, 11) is 1.62. The van der Waals surface area contributed by atoms with Crippen LogP contribution in [0.4, 0.5) is 5.95 Å². The molecule has 32 heavy (non-hydrogen) atoms. The Balaban J connectivity index is 1.50. The van der Waals surface area contributed by atoms with Gasteiger partial charge in [-0.25, -0.2) is 9.97 Å². The number of rotatable bonds is 5. The fourth-order valence-corrected chi connectivity index (χ4v) is 4.21. The van der Waals surface area contributed by atoms with Gasteiger partial charge >= 0.3 is 0 Å². The highest BCUT2D eigenvalue weighted by Crippen LogP contribution is 2.35. The van der Waals surface area contributed by atoms with E-state index >= 15 is 0 Å². The zero-order valence-electron chi connectivity index (χ0n) is 17.8. The summed E-state index contributed by atoms with van der Waals surface area (Å²) >= 11 is 0. The summed E-state index contributed by atoms with van der Waals surface area (Å²) in [5.41, 5.74) is 2.18. The van der Waals surface area contributed by atoms with Crippen molar-refractivity contribution in [2.24, 2.45) is 0 Å². The lowest BCUT2D eigenvalue weighted by molar-refractivity contribution is -0.121. The van der Waals surface area contributed by atoms with Crippen LogP contribution in [0.25, 0.3) is 27.9 Å². The van der Waals surface area contributed by atoms with E-state index < -0.39 is 0 Å². The van der Waals surface area contributed by atoms with Crippen molar-refractivity contribution in [1.29, 1.82) is 0 Å². The Hall–Kier alpha value is -3.69. The Kier molecular flexibility index (Phi) is 4.44. The molecule has 0 radical (unpaired) electrons. The molecule has 0 bridgehead atoms. The van der Waals surface area contributed by atoms with Crippen LogP contribution < -0.4 is 15.4 Å². The molecule has 4 aromatic rings. The lowest BCUT2D eigenvalue weighted by atomic mass is 10.1. The monoisotopic (exact) mass is 432 g/mol. The van der Waals surface area contributed by atoms with E-state index in [-0.39, 0.29) is 11.9 Å². The summed E-state index contributed by atoms with van der Waals surface area (Å²) in [6, 6.07) is 5.83. The molecule has 1 saturated carbocycles. The molecule has 0 spiro atoms. The normalized spacial score (nSPS) is 19.2. The molecule has 2 N–H and O–H groups in total. The minimum Gasteiger partial charge on any atom is -0.494 e. The van der Waals surface area contributed by atoms with Gasteiger partial charge < -0.3 is 15.4 Å². The summed E-state index contributed by atoms with van der Waals surface area (Å²) in [5, 5.41) is 16.3. The number of aromatic nitrogens is 6. The second-order valence-electron chi connectivity index (χ2n) is 8.39. The van der Waals surface area contributed by atoms with Crippen LogP contribution in [0.1, 0.15) is 38.1 Å². The zero-order chi connectivity index (χ0) is 21.7. The summed E-state index contributed by atoms with van der Waals surface area (Å²) in [5.74, 6) is 1.66. The van der Waals surface area contributed by atoms with Crippen molar-refractivity contribution in [3.8, 4) is 17.1 Å². The maximum atomic E-state index is 12.6. The number of hydrogen-bond acceptors (Lipinski definition) is 7. The number of fused-ring (bicyclic) bond motifs is 3. The summed E-state index contributed by atoms with van der Waals surface area (Å²) < 4.78 is 9.22. The van der Waals surface area contributed by atoms with Gasteiger partial charge in [-0.1, -0.05) is 6.07 Å². The number of nitrogens with zero attached hydrogens (tertiary/aromatic N) is 6. The standard InChI is InChI=1S/C22H24N8O2/c1-32-17-7-4-5-15-18(17)26-22(25-16-6-2-3-10-23-21(16)31)30-20(15)27-19(28-30)13-11-24-29(12-13)14-8-9-14/h4-5,7,11-12,14,16H,2-3,6,8-10H2,1H3,(H,23,31)(H,25,26)/t16-/m1/s1. The van der Waals surface area contributed by atoms with Crippen LogP contribution in [0.15, 0.2) is 30.6 Å². The summed E-state index contributed by atoms with van der Waals surface area (Å²) in [6.07, 6.45) is 8.77. The molecule has 1 saturated heterocycles. The zero-order valence-corrected chi connectivity index (χ0v) is 17.8. The number of anilines is 1. The number of amides is 1. The highest BCUT2D eigenvalue weighted by molar-refractivity contribution is 5.96.